The fourth-order valence-electron chi connectivity index (χ4n) is 2.10. The highest BCUT2D eigenvalue weighted by Gasteiger charge is 2.20. The second kappa shape index (κ2) is 6.52. The van der Waals surface area contributed by atoms with Gasteiger partial charge in [-0.1, -0.05) is 19.1 Å². The van der Waals surface area contributed by atoms with Crippen LogP contribution in [0.15, 0.2) is 36.1 Å². The van der Waals surface area contributed by atoms with E-state index in [0.29, 0.717) is 6.61 Å². The zero-order valence-corrected chi connectivity index (χ0v) is 10.7. The van der Waals surface area contributed by atoms with Crippen molar-refractivity contribution in [1.29, 1.82) is 0 Å². The summed E-state index contributed by atoms with van der Waals surface area (Å²) in [5, 5.41) is 3.29. The topological polar surface area (TPSA) is 30.5 Å². The molecule has 1 N–H and O–H groups in total. The maximum atomic E-state index is 12.2. The maximum absolute atomic E-state index is 12.2. The molecule has 104 valence electrons. The third-order valence-electron chi connectivity index (χ3n) is 2.84. The first-order valence-corrected chi connectivity index (χ1v) is 6.31. The summed E-state index contributed by atoms with van der Waals surface area (Å²) in [7, 11) is 0. The summed E-state index contributed by atoms with van der Waals surface area (Å²) in [6.45, 7) is 0.604. The molecule has 0 spiro atoms. The highest BCUT2D eigenvalue weighted by molar-refractivity contribution is 5.34. The molecule has 19 heavy (non-hydrogen) atoms. The predicted octanol–water partition coefficient (Wildman–Crippen LogP) is 3.24. The summed E-state index contributed by atoms with van der Waals surface area (Å²) in [5.41, 5.74) is 0.855. The first-order valence-electron chi connectivity index (χ1n) is 6.31. The van der Waals surface area contributed by atoms with Crippen LogP contribution in [-0.4, -0.2) is 19.8 Å². The standard InChI is InChI=1S/C14H17F2NO2/c1-2-17-13(12-7-4-8-18-12)10-5-3-6-11(9-10)19-14(15)16/h3,5-7,9,13-14,17H,2,4,8H2,1H3. The van der Waals surface area contributed by atoms with Gasteiger partial charge in [0.15, 0.2) is 0 Å². The van der Waals surface area contributed by atoms with Gasteiger partial charge in [0.25, 0.3) is 0 Å². The summed E-state index contributed by atoms with van der Waals surface area (Å²) in [6.07, 6.45) is 2.90. The quantitative estimate of drug-likeness (QED) is 0.860. The molecule has 1 atom stereocenters. The number of alkyl halides is 2. The molecule has 0 amide bonds. The van der Waals surface area contributed by atoms with Gasteiger partial charge in [-0.05, 0) is 30.3 Å². The molecule has 0 saturated carbocycles. The zero-order valence-electron chi connectivity index (χ0n) is 10.7. The van der Waals surface area contributed by atoms with Crippen LogP contribution in [0.2, 0.25) is 0 Å². The number of nitrogens with one attached hydrogen (secondary N) is 1. The van der Waals surface area contributed by atoms with E-state index < -0.39 is 6.61 Å². The molecular weight excluding hydrogens is 252 g/mol. The average Bonchev–Trinajstić information content (AvgIpc) is 2.89. The first-order chi connectivity index (χ1) is 9.20. The Labute approximate surface area is 111 Å². The minimum Gasteiger partial charge on any atom is -0.496 e. The van der Waals surface area contributed by atoms with Crippen molar-refractivity contribution < 1.29 is 18.3 Å². The number of hydrogen-bond acceptors (Lipinski definition) is 3. The lowest BCUT2D eigenvalue weighted by Crippen LogP contribution is -2.23. The Bertz CT molecular complexity index is 449. The van der Waals surface area contributed by atoms with E-state index in [4.69, 9.17) is 4.74 Å². The van der Waals surface area contributed by atoms with Gasteiger partial charge in [-0.15, -0.1) is 0 Å². The number of likely N-dealkylation sites (N-methyl/N-ethyl adjacent to an activating group) is 1. The van der Waals surface area contributed by atoms with Gasteiger partial charge in [0, 0.05) is 6.42 Å². The van der Waals surface area contributed by atoms with E-state index in [-0.39, 0.29) is 11.8 Å². The molecule has 1 aromatic rings. The lowest BCUT2D eigenvalue weighted by atomic mass is 10.0. The van der Waals surface area contributed by atoms with Crippen LogP contribution in [0, 0.1) is 0 Å². The molecule has 0 aliphatic carbocycles. The van der Waals surface area contributed by atoms with Crippen LogP contribution in [0.4, 0.5) is 8.78 Å². The lowest BCUT2D eigenvalue weighted by molar-refractivity contribution is -0.0499. The van der Waals surface area contributed by atoms with Crippen molar-refractivity contribution in [3.05, 3.63) is 41.7 Å². The Morgan fingerprint density at radius 3 is 2.89 bits per heavy atom. The number of hydrogen-bond donors (Lipinski definition) is 1. The Morgan fingerprint density at radius 1 is 1.42 bits per heavy atom. The van der Waals surface area contributed by atoms with Crippen molar-refractivity contribution in [2.75, 3.05) is 13.2 Å². The van der Waals surface area contributed by atoms with Crippen LogP contribution < -0.4 is 10.1 Å². The fourth-order valence-corrected chi connectivity index (χ4v) is 2.10. The summed E-state index contributed by atoms with van der Waals surface area (Å²) in [4.78, 5) is 0. The molecule has 1 aliphatic rings. The SMILES string of the molecule is CCNC(C1=CCCO1)c1cccc(OC(F)F)c1. The van der Waals surface area contributed by atoms with Crippen molar-refractivity contribution in [1.82, 2.24) is 5.32 Å². The Balaban J connectivity index is 2.20. The second-order valence-electron chi connectivity index (χ2n) is 4.19. The lowest BCUT2D eigenvalue weighted by Gasteiger charge is -2.20. The smallest absolute Gasteiger partial charge is 0.387 e. The summed E-state index contributed by atoms with van der Waals surface area (Å²) < 4.78 is 34.4. The predicted molar refractivity (Wildman–Crippen MR) is 68.1 cm³/mol. The molecule has 1 aliphatic heterocycles. The molecule has 0 bridgehead atoms. The maximum Gasteiger partial charge on any atom is 0.387 e. The molecule has 2 rings (SSSR count). The molecule has 0 aromatic heterocycles. The average molecular weight is 269 g/mol. The van der Waals surface area contributed by atoms with Crippen molar-refractivity contribution in [2.24, 2.45) is 0 Å². The van der Waals surface area contributed by atoms with Crippen molar-refractivity contribution in [3.8, 4) is 5.75 Å². The molecule has 1 heterocycles. The molecule has 5 heteroatoms. The molecule has 0 fully saturated rings. The second-order valence-corrected chi connectivity index (χ2v) is 4.19. The van der Waals surface area contributed by atoms with Crippen molar-refractivity contribution in [2.45, 2.75) is 26.0 Å². The molecule has 3 nitrogen and oxygen atoms in total. The molecule has 0 saturated heterocycles. The molecule has 1 unspecified atom stereocenters. The normalized spacial score (nSPS) is 16.1. The largest absolute Gasteiger partial charge is 0.496 e. The van der Waals surface area contributed by atoms with E-state index in [1.807, 2.05) is 19.1 Å². The van der Waals surface area contributed by atoms with Crippen LogP contribution in [0.25, 0.3) is 0 Å². The van der Waals surface area contributed by atoms with Crippen molar-refractivity contribution >= 4 is 0 Å². The van der Waals surface area contributed by atoms with E-state index in [9.17, 15) is 8.78 Å². The number of benzene rings is 1. The summed E-state index contributed by atoms with van der Waals surface area (Å²) in [5.74, 6) is 1.00. The van der Waals surface area contributed by atoms with E-state index >= 15 is 0 Å². The summed E-state index contributed by atoms with van der Waals surface area (Å²) in [6, 6.07) is 6.58. The van der Waals surface area contributed by atoms with Gasteiger partial charge in [-0.3, -0.25) is 0 Å². The van der Waals surface area contributed by atoms with Gasteiger partial charge >= 0.3 is 6.61 Å². The van der Waals surface area contributed by atoms with Crippen LogP contribution in [0.1, 0.15) is 24.9 Å². The number of halogens is 2. The van der Waals surface area contributed by atoms with Gasteiger partial charge in [0.2, 0.25) is 0 Å². The Kier molecular flexibility index (Phi) is 4.74. The van der Waals surface area contributed by atoms with Gasteiger partial charge in [-0.25, -0.2) is 0 Å². The van der Waals surface area contributed by atoms with Gasteiger partial charge < -0.3 is 14.8 Å². The monoisotopic (exact) mass is 269 g/mol. The Hall–Kier alpha value is -1.62. The van der Waals surface area contributed by atoms with E-state index in [0.717, 1.165) is 24.3 Å². The van der Waals surface area contributed by atoms with E-state index in [1.165, 1.54) is 6.07 Å². The molecule has 0 radical (unpaired) electrons. The summed E-state index contributed by atoms with van der Waals surface area (Å²) >= 11 is 0. The van der Waals surface area contributed by atoms with Gasteiger partial charge in [0.05, 0.1) is 12.6 Å². The minimum absolute atomic E-state index is 0.117. The third kappa shape index (κ3) is 3.67. The van der Waals surface area contributed by atoms with Crippen LogP contribution in [0.3, 0.4) is 0 Å². The molecular formula is C14H17F2NO2. The van der Waals surface area contributed by atoms with E-state index in [1.54, 1.807) is 12.1 Å². The number of ether oxygens (including phenoxy) is 2. The first kappa shape index (κ1) is 13.8. The van der Waals surface area contributed by atoms with Crippen molar-refractivity contribution in [3.63, 3.8) is 0 Å². The molecule has 1 aromatic carbocycles. The zero-order chi connectivity index (χ0) is 13.7. The van der Waals surface area contributed by atoms with Gasteiger partial charge in [0.1, 0.15) is 11.5 Å². The Morgan fingerprint density at radius 2 is 2.26 bits per heavy atom. The van der Waals surface area contributed by atoms with E-state index in [2.05, 4.69) is 10.1 Å². The highest BCUT2D eigenvalue weighted by Crippen LogP contribution is 2.29. The highest BCUT2D eigenvalue weighted by atomic mass is 19.3. The number of rotatable bonds is 6. The fraction of sp³-hybridized carbons (Fsp3) is 0.429. The van der Waals surface area contributed by atoms with Crippen LogP contribution in [-0.2, 0) is 4.74 Å². The van der Waals surface area contributed by atoms with Crippen LogP contribution >= 0.6 is 0 Å². The van der Waals surface area contributed by atoms with Crippen LogP contribution in [0.5, 0.6) is 5.75 Å². The third-order valence-corrected chi connectivity index (χ3v) is 2.84. The van der Waals surface area contributed by atoms with Gasteiger partial charge in [-0.2, -0.15) is 8.78 Å². The minimum atomic E-state index is -2.81.